The van der Waals surface area contributed by atoms with Gasteiger partial charge in [-0.2, -0.15) is 19.7 Å². The third kappa shape index (κ3) is 6.29. The maximum atomic E-state index is 14.8. The number of nitrogens with zero attached hydrogens (tertiary/aromatic N) is 8. The second-order valence-electron chi connectivity index (χ2n) is 10.0. The highest BCUT2D eigenvalue weighted by atomic mass is 19.1. The van der Waals surface area contributed by atoms with Crippen LogP contribution < -0.4 is 5.69 Å². The Morgan fingerprint density at radius 2 is 1.84 bits per heavy atom. The van der Waals surface area contributed by atoms with Gasteiger partial charge in [0.05, 0.1) is 30.4 Å². The van der Waals surface area contributed by atoms with Gasteiger partial charge in [-0.1, -0.05) is 43.3 Å². The van der Waals surface area contributed by atoms with Gasteiger partial charge in [0.25, 0.3) is 0 Å². The second-order valence-corrected chi connectivity index (χ2v) is 10.0. The summed E-state index contributed by atoms with van der Waals surface area (Å²) in [7, 11) is 0. The Morgan fingerprint density at radius 3 is 2.51 bits per heavy atom. The molecular formula is C30H25F3N8O2. The molecule has 0 bridgehead atoms. The van der Waals surface area contributed by atoms with Crippen LogP contribution in [0.25, 0.3) is 11.8 Å². The lowest BCUT2D eigenvalue weighted by Crippen LogP contribution is -2.39. The molecule has 0 unspecified atom stereocenters. The van der Waals surface area contributed by atoms with E-state index in [1.807, 2.05) is 18.2 Å². The summed E-state index contributed by atoms with van der Waals surface area (Å²) in [6, 6.07) is 15.7. The summed E-state index contributed by atoms with van der Waals surface area (Å²) in [5, 5.41) is 32.3. The minimum absolute atomic E-state index is 0.0462. The number of hydrogen-bond acceptors (Lipinski definition) is 7. The Morgan fingerprint density at radius 1 is 1.05 bits per heavy atom. The smallest absolute Gasteiger partial charge is 0.368 e. The molecule has 5 rings (SSSR count). The number of allylic oxidation sites excluding steroid dienone is 1. The Hall–Kier alpha value is -5.35. The maximum absolute atomic E-state index is 14.8. The fourth-order valence-electron chi connectivity index (χ4n) is 4.68. The van der Waals surface area contributed by atoms with Crippen LogP contribution in [-0.2, 0) is 18.7 Å². The molecule has 0 spiro atoms. The molecule has 2 heterocycles. The van der Waals surface area contributed by atoms with Crippen LogP contribution in [0.15, 0.2) is 84.2 Å². The van der Waals surface area contributed by atoms with E-state index >= 15 is 0 Å². The van der Waals surface area contributed by atoms with Crippen LogP contribution in [0.1, 0.15) is 35.6 Å². The molecule has 2 aromatic heterocycles. The molecular weight excluding hydrogens is 561 g/mol. The average Bonchev–Trinajstić information content (AvgIpc) is 3.63. The number of tetrazole rings is 1. The molecule has 1 N–H and O–H groups in total. The Labute approximate surface area is 243 Å². The minimum Gasteiger partial charge on any atom is -0.383 e. The molecule has 2 atom stereocenters. The predicted octanol–water partition coefficient (Wildman–Crippen LogP) is 3.99. The molecule has 0 fully saturated rings. The van der Waals surface area contributed by atoms with Gasteiger partial charge >= 0.3 is 5.69 Å². The van der Waals surface area contributed by atoms with Crippen molar-refractivity contribution < 1.29 is 18.3 Å². The summed E-state index contributed by atoms with van der Waals surface area (Å²) in [4.78, 5) is 16.7. The van der Waals surface area contributed by atoms with Crippen molar-refractivity contribution in [2.24, 2.45) is 5.92 Å². The van der Waals surface area contributed by atoms with Crippen molar-refractivity contribution in [1.82, 2.24) is 34.6 Å². The van der Waals surface area contributed by atoms with Crippen molar-refractivity contribution in [2.45, 2.75) is 32.0 Å². The second kappa shape index (κ2) is 12.3. The normalized spacial score (nSPS) is 13.6. The van der Waals surface area contributed by atoms with E-state index in [0.717, 1.165) is 33.1 Å². The monoisotopic (exact) mass is 586 g/mol. The number of benzene rings is 3. The quantitative estimate of drug-likeness (QED) is 0.262. The first-order valence-electron chi connectivity index (χ1n) is 13.2. The molecule has 43 heavy (non-hydrogen) atoms. The largest absolute Gasteiger partial charge is 0.383 e. The summed E-state index contributed by atoms with van der Waals surface area (Å²) in [6.07, 6.45) is 6.68. The van der Waals surface area contributed by atoms with E-state index in [1.165, 1.54) is 35.5 Å². The third-order valence-corrected chi connectivity index (χ3v) is 7.16. The van der Waals surface area contributed by atoms with E-state index in [0.29, 0.717) is 12.1 Å². The van der Waals surface area contributed by atoms with Gasteiger partial charge in [-0.05, 0) is 58.7 Å². The van der Waals surface area contributed by atoms with Crippen molar-refractivity contribution in [2.75, 3.05) is 0 Å². The molecule has 3 aromatic carbocycles. The zero-order valence-corrected chi connectivity index (χ0v) is 22.8. The molecule has 0 saturated carbocycles. The average molecular weight is 587 g/mol. The molecule has 13 heteroatoms. The highest BCUT2D eigenvalue weighted by molar-refractivity contribution is 5.51. The first kappa shape index (κ1) is 29.2. The topological polar surface area (TPSA) is 127 Å². The summed E-state index contributed by atoms with van der Waals surface area (Å²) in [5.41, 5.74) is -0.744. The highest BCUT2D eigenvalue weighted by Crippen LogP contribution is 2.35. The molecule has 0 aliphatic rings. The maximum Gasteiger partial charge on any atom is 0.368 e. The first-order chi connectivity index (χ1) is 20.7. The van der Waals surface area contributed by atoms with Crippen molar-refractivity contribution in [3.63, 3.8) is 0 Å². The number of halogens is 3. The number of rotatable bonds is 10. The van der Waals surface area contributed by atoms with Crippen LogP contribution in [0.4, 0.5) is 13.2 Å². The van der Waals surface area contributed by atoms with Crippen LogP contribution in [0, 0.1) is 34.7 Å². The molecule has 0 radical (unpaired) electrons. The lowest BCUT2D eigenvalue weighted by Gasteiger charge is -2.34. The summed E-state index contributed by atoms with van der Waals surface area (Å²) < 4.78 is 46.1. The zero-order chi connectivity index (χ0) is 30.6. The number of aliphatic hydroxyl groups is 1. The van der Waals surface area contributed by atoms with E-state index < -0.39 is 34.7 Å². The SMILES string of the molecule is C[C@@H](C/C=C/c1ccc(-n2nnn(Cc3ccc(C#N)cc3F)c2=O)cc1)[C@](O)(Cn1cncn1)c1ccc(F)cc1F. The summed E-state index contributed by atoms with van der Waals surface area (Å²) in [6.45, 7) is 1.51. The summed E-state index contributed by atoms with van der Waals surface area (Å²) in [5.74, 6) is -2.74. The van der Waals surface area contributed by atoms with E-state index in [4.69, 9.17) is 5.26 Å². The van der Waals surface area contributed by atoms with Crippen molar-refractivity contribution in [3.05, 3.63) is 130 Å². The molecule has 10 nitrogen and oxygen atoms in total. The fraction of sp³-hybridized carbons (Fsp3) is 0.200. The van der Waals surface area contributed by atoms with Gasteiger partial charge in [0, 0.05) is 17.2 Å². The lowest BCUT2D eigenvalue weighted by atomic mass is 9.80. The van der Waals surface area contributed by atoms with Gasteiger partial charge in [0.1, 0.15) is 35.7 Å². The molecule has 0 aliphatic carbocycles. The fourth-order valence-corrected chi connectivity index (χ4v) is 4.68. The Balaban J connectivity index is 1.29. The van der Waals surface area contributed by atoms with Crippen LogP contribution in [0.2, 0.25) is 0 Å². The van der Waals surface area contributed by atoms with E-state index in [9.17, 15) is 23.1 Å². The molecule has 0 saturated heterocycles. The zero-order valence-electron chi connectivity index (χ0n) is 22.8. The number of hydrogen-bond donors (Lipinski definition) is 1. The van der Waals surface area contributed by atoms with Gasteiger partial charge in [0.2, 0.25) is 0 Å². The molecule has 0 amide bonds. The van der Waals surface area contributed by atoms with Crippen LogP contribution >= 0.6 is 0 Å². The third-order valence-electron chi connectivity index (χ3n) is 7.16. The van der Waals surface area contributed by atoms with E-state index in [2.05, 4.69) is 20.5 Å². The van der Waals surface area contributed by atoms with Gasteiger partial charge in [0.15, 0.2) is 0 Å². The first-order valence-corrected chi connectivity index (χ1v) is 13.2. The number of nitriles is 1. The van der Waals surface area contributed by atoms with E-state index in [-0.39, 0.29) is 29.8 Å². The minimum atomic E-state index is -1.71. The lowest BCUT2D eigenvalue weighted by molar-refractivity contribution is -0.0379. The molecule has 5 aromatic rings. The van der Waals surface area contributed by atoms with Crippen LogP contribution in [0.5, 0.6) is 0 Å². The van der Waals surface area contributed by atoms with Crippen LogP contribution in [-0.4, -0.2) is 39.7 Å². The number of aromatic nitrogens is 7. The van der Waals surface area contributed by atoms with Crippen molar-refractivity contribution in [3.8, 4) is 11.8 Å². The van der Waals surface area contributed by atoms with E-state index in [1.54, 1.807) is 31.2 Å². The van der Waals surface area contributed by atoms with Gasteiger partial charge in [-0.25, -0.2) is 27.6 Å². The Bertz CT molecular complexity index is 1860. The highest BCUT2D eigenvalue weighted by Gasteiger charge is 2.38. The van der Waals surface area contributed by atoms with Crippen LogP contribution in [0.3, 0.4) is 0 Å². The van der Waals surface area contributed by atoms with Gasteiger partial charge in [-0.15, -0.1) is 0 Å². The molecule has 0 aliphatic heterocycles. The Kier molecular flexibility index (Phi) is 8.31. The van der Waals surface area contributed by atoms with Gasteiger partial charge in [-0.3, -0.25) is 0 Å². The molecule has 218 valence electrons. The van der Waals surface area contributed by atoms with Gasteiger partial charge < -0.3 is 5.11 Å². The van der Waals surface area contributed by atoms with Crippen molar-refractivity contribution >= 4 is 6.08 Å². The standard InChI is InChI=1S/C30H25F3N8O2/c1-20(30(43,17-39-19-35-18-36-39)26-12-9-24(31)14-28(26)33)3-2-4-21-6-10-25(11-7-21)41-29(42)40(37-38-41)16-23-8-5-22(15-34)13-27(23)32/h2,4-14,18-20,43H,3,16-17H2,1H3/b4-2+/t20-,30+/m0/s1. The summed E-state index contributed by atoms with van der Waals surface area (Å²) >= 11 is 0. The van der Waals surface area contributed by atoms with Crippen molar-refractivity contribution in [1.29, 1.82) is 5.26 Å². The predicted molar refractivity (Wildman–Crippen MR) is 149 cm³/mol.